The van der Waals surface area contributed by atoms with Crippen LogP contribution in [0.4, 0.5) is 0 Å². The van der Waals surface area contributed by atoms with Crippen molar-refractivity contribution in [2.75, 3.05) is 6.54 Å². The van der Waals surface area contributed by atoms with Gasteiger partial charge in [0.1, 0.15) is 0 Å². The third-order valence-corrected chi connectivity index (χ3v) is 3.38. The Morgan fingerprint density at radius 3 is 2.94 bits per heavy atom. The molecule has 2 aromatic rings. The molecule has 0 spiro atoms. The molecular weight excluding hydrogens is 232 g/mol. The first-order valence-electron chi connectivity index (χ1n) is 5.62. The zero-order valence-corrected chi connectivity index (χ0v) is 10.5. The van der Waals surface area contributed by atoms with Crippen LogP contribution in [0.25, 0.3) is 0 Å². The van der Waals surface area contributed by atoms with Crippen LogP contribution in [0.5, 0.6) is 0 Å². The fraction of sp³-hybridized carbons (Fsp3) is 0.308. The van der Waals surface area contributed by atoms with E-state index in [1.807, 2.05) is 41.9 Å². The van der Waals surface area contributed by atoms with Gasteiger partial charge in [-0.2, -0.15) is 11.3 Å². The smallest absolute Gasteiger partial charge is 0.0922 e. The highest BCUT2D eigenvalue weighted by Crippen LogP contribution is 2.16. The number of thiophene rings is 1. The largest absolute Gasteiger partial charge is 0.387 e. The quantitative estimate of drug-likeness (QED) is 0.854. The van der Waals surface area contributed by atoms with E-state index >= 15 is 0 Å². The molecule has 2 unspecified atom stereocenters. The van der Waals surface area contributed by atoms with Crippen LogP contribution in [-0.2, 0) is 0 Å². The highest BCUT2D eigenvalue weighted by Gasteiger charge is 2.11. The number of hydrogen-bond donors (Lipinski definition) is 2. The Morgan fingerprint density at radius 2 is 2.29 bits per heavy atom. The summed E-state index contributed by atoms with van der Waals surface area (Å²) in [7, 11) is 0. The highest BCUT2D eigenvalue weighted by atomic mass is 32.1. The molecule has 2 rings (SSSR count). The van der Waals surface area contributed by atoms with Gasteiger partial charge in [0, 0.05) is 18.8 Å². The molecule has 0 aliphatic rings. The number of pyridine rings is 1. The molecular formula is C13H16N2OS. The zero-order chi connectivity index (χ0) is 12.1. The maximum Gasteiger partial charge on any atom is 0.0922 e. The third-order valence-electron chi connectivity index (χ3n) is 2.68. The van der Waals surface area contributed by atoms with Gasteiger partial charge >= 0.3 is 0 Å². The zero-order valence-electron chi connectivity index (χ0n) is 9.71. The van der Waals surface area contributed by atoms with Gasteiger partial charge in [0.2, 0.25) is 0 Å². The molecule has 0 amide bonds. The van der Waals surface area contributed by atoms with Crippen LogP contribution in [0.3, 0.4) is 0 Å². The molecule has 17 heavy (non-hydrogen) atoms. The summed E-state index contributed by atoms with van der Waals surface area (Å²) in [6.45, 7) is 2.58. The molecule has 2 N–H and O–H groups in total. The monoisotopic (exact) mass is 248 g/mol. The fourth-order valence-corrected chi connectivity index (χ4v) is 2.31. The van der Waals surface area contributed by atoms with Gasteiger partial charge in [-0.15, -0.1) is 0 Å². The van der Waals surface area contributed by atoms with Gasteiger partial charge in [-0.05, 0) is 41.4 Å². The first-order chi connectivity index (χ1) is 8.27. The lowest BCUT2D eigenvalue weighted by molar-refractivity contribution is 0.171. The Balaban J connectivity index is 1.86. The summed E-state index contributed by atoms with van der Waals surface area (Å²) >= 11 is 1.60. The molecule has 3 nitrogen and oxygen atoms in total. The average Bonchev–Trinajstić information content (AvgIpc) is 2.90. The van der Waals surface area contributed by atoms with E-state index in [2.05, 4.69) is 10.3 Å². The van der Waals surface area contributed by atoms with Crippen molar-refractivity contribution in [2.45, 2.75) is 19.1 Å². The minimum Gasteiger partial charge on any atom is -0.387 e. The Morgan fingerprint density at radius 1 is 1.41 bits per heavy atom. The number of nitrogens with one attached hydrogen (secondary N) is 1. The molecule has 2 atom stereocenters. The van der Waals surface area contributed by atoms with Crippen LogP contribution in [0.1, 0.15) is 30.3 Å². The minimum atomic E-state index is -0.451. The van der Waals surface area contributed by atoms with E-state index in [4.69, 9.17) is 0 Å². The highest BCUT2D eigenvalue weighted by molar-refractivity contribution is 7.07. The molecule has 0 saturated carbocycles. The molecule has 2 heterocycles. The molecule has 4 heteroatoms. The Labute approximate surface area is 105 Å². The Hall–Kier alpha value is -1.23. The van der Waals surface area contributed by atoms with Crippen LogP contribution in [0.15, 0.2) is 41.2 Å². The second-order valence-corrected chi connectivity index (χ2v) is 4.74. The second kappa shape index (κ2) is 5.91. The van der Waals surface area contributed by atoms with E-state index in [-0.39, 0.29) is 6.04 Å². The molecule has 0 bridgehead atoms. The predicted molar refractivity (Wildman–Crippen MR) is 69.9 cm³/mol. The van der Waals surface area contributed by atoms with Crippen molar-refractivity contribution in [3.63, 3.8) is 0 Å². The standard InChI is InChI=1S/C13H16N2OS/c1-10(12-4-2-3-6-14-12)15-8-13(16)11-5-7-17-9-11/h2-7,9-10,13,15-16H,8H2,1H3. The van der Waals surface area contributed by atoms with E-state index in [1.54, 1.807) is 17.5 Å². The van der Waals surface area contributed by atoms with Crippen molar-refractivity contribution in [3.05, 3.63) is 52.5 Å². The van der Waals surface area contributed by atoms with E-state index in [0.29, 0.717) is 6.54 Å². The second-order valence-electron chi connectivity index (χ2n) is 3.96. The third kappa shape index (κ3) is 3.36. The van der Waals surface area contributed by atoms with Crippen LogP contribution in [0.2, 0.25) is 0 Å². The maximum absolute atomic E-state index is 9.93. The SMILES string of the molecule is CC(NCC(O)c1ccsc1)c1ccccn1. The van der Waals surface area contributed by atoms with Crippen molar-refractivity contribution >= 4 is 11.3 Å². The lowest BCUT2D eigenvalue weighted by atomic mass is 10.1. The summed E-state index contributed by atoms with van der Waals surface area (Å²) in [5.41, 5.74) is 1.96. The first-order valence-corrected chi connectivity index (χ1v) is 6.56. The number of nitrogens with zero attached hydrogens (tertiary/aromatic N) is 1. The maximum atomic E-state index is 9.93. The Kier molecular flexibility index (Phi) is 4.25. The summed E-state index contributed by atoms with van der Waals surface area (Å²) in [4.78, 5) is 4.28. The first kappa shape index (κ1) is 12.2. The molecule has 0 radical (unpaired) electrons. The van der Waals surface area contributed by atoms with Gasteiger partial charge in [-0.1, -0.05) is 6.07 Å². The fourth-order valence-electron chi connectivity index (χ4n) is 1.61. The molecule has 0 aliphatic carbocycles. The number of hydrogen-bond acceptors (Lipinski definition) is 4. The topological polar surface area (TPSA) is 45.1 Å². The lowest BCUT2D eigenvalue weighted by Crippen LogP contribution is -2.25. The number of aliphatic hydroxyl groups excluding tert-OH is 1. The molecule has 0 saturated heterocycles. The summed E-state index contributed by atoms with van der Waals surface area (Å²) in [6.07, 6.45) is 1.33. The van der Waals surface area contributed by atoms with E-state index in [1.165, 1.54) is 0 Å². The number of rotatable bonds is 5. The van der Waals surface area contributed by atoms with Gasteiger partial charge in [0.05, 0.1) is 11.8 Å². The molecule has 0 aromatic carbocycles. The summed E-state index contributed by atoms with van der Waals surface area (Å²) in [5.74, 6) is 0. The average molecular weight is 248 g/mol. The van der Waals surface area contributed by atoms with Crippen LogP contribution < -0.4 is 5.32 Å². The van der Waals surface area contributed by atoms with Crippen LogP contribution >= 0.6 is 11.3 Å². The number of aromatic nitrogens is 1. The predicted octanol–water partition coefficient (Wildman–Crippen LogP) is 2.53. The van der Waals surface area contributed by atoms with E-state index in [0.717, 1.165) is 11.3 Å². The molecule has 2 aromatic heterocycles. The summed E-state index contributed by atoms with van der Waals surface area (Å²) in [6, 6.07) is 7.94. The van der Waals surface area contributed by atoms with Crippen molar-refractivity contribution in [1.29, 1.82) is 0 Å². The Bertz CT molecular complexity index is 430. The van der Waals surface area contributed by atoms with E-state index in [9.17, 15) is 5.11 Å². The van der Waals surface area contributed by atoms with Gasteiger partial charge < -0.3 is 10.4 Å². The van der Waals surface area contributed by atoms with Gasteiger partial charge in [-0.25, -0.2) is 0 Å². The van der Waals surface area contributed by atoms with Crippen molar-refractivity contribution < 1.29 is 5.11 Å². The van der Waals surface area contributed by atoms with Gasteiger partial charge in [-0.3, -0.25) is 4.98 Å². The molecule has 0 fully saturated rings. The summed E-state index contributed by atoms with van der Waals surface area (Å²) < 4.78 is 0. The van der Waals surface area contributed by atoms with Crippen LogP contribution in [0, 0.1) is 0 Å². The van der Waals surface area contributed by atoms with Gasteiger partial charge in [0.15, 0.2) is 0 Å². The van der Waals surface area contributed by atoms with Crippen molar-refractivity contribution in [1.82, 2.24) is 10.3 Å². The molecule has 0 aliphatic heterocycles. The normalized spacial score (nSPS) is 14.5. The minimum absolute atomic E-state index is 0.143. The van der Waals surface area contributed by atoms with E-state index < -0.39 is 6.10 Å². The summed E-state index contributed by atoms with van der Waals surface area (Å²) in [5, 5.41) is 17.2. The molecule has 90 valence electrons. The van der Waals surface area contributed by atoms with Crippen LogP contribution in [-0.4, -0.2) is 16.6 Å². The van der Waals surface area contributed by atoms with Crippen molar-refractivity contribution in [3.8, 4) is 0 Å². The number of aliphatic hydroxyl groups is 1. The van der Waals surface area contributed by atoms with Gasteiger partial charge in [0.25, 0.3) is 0 Å². The lowest BCUT2D eigenvalue weighted by Gasteiger charge is -2.16. The van der Waals surface area contributed by atoms with Crippen molar-refractivity contribution in [2.24, 2.45) is 0 Å².